The molecule has 0 rings (SSSR count). The van der Waals surface area contributed by atoms with Crippen molar-refractivity contribution in [3.05, 3.63) is 0 Å². The van der Waals surface area contributed by atoms with Gasteiger partial charge in [-0.25, -0.2) is 0 Å². The van der Waals surface area contributed by atoms with Crippen molar-refractivity contribution in [2.75, 3.05) is 101 Å². The number of rotatable bonds is 18. The number of primary amides is 1. The van der Waals surface area contributed by atoms with Gasteiger partial charge in [0.2, 0.25) is 53.2 Å². The summed E-state index contributed by atoms with van der Waals surface area (Å²) in [6.07, 6.45) is 0. The van der Waals surface area contributed by atoms with Gasteiger partial charge in [-0.2, -0.15) is 0 Å². The minimum Gasteiger partial charge on any atom is -0.368 e. The lowest BCUT2D eigenvalue weighted by molar-refractivity contribution is -0.143. The van der Waals surface area contributed by atoms with E-state index in [0.29, 0.717) is 0 Å². The van der Waals surface area contributed by atoms with Gasteiger partial charge in [0.15, 0.2) is 0 Å². The van der Waals surface area contributed by atoms with Gasteiger partial charge in [0.25, 0.3) is 0 Å². The van der Waals surface area contributed by atoms with Crippen LogP contribution >= 0.6 is 0 Å². The molecule has 0 saturated heterocycles. The minimum atomic E-state index is -0.743. The molecule has 0 heterocycles. The molecule has 0 aliphatic rings. The summed E-state index contributed by atoms with van der Waals surface area (Å²) in [4.78, 5) is 116. The molecule has 5 N–H and O–H groups in total. The topological polar surface area (TPSA) is 235 Å². The third kappa shape index (κ3) is 18.1. The second kappa shape index (κ2) is 19.6. The maximum absolute atomic E-state index is 12.6. The van der Waals surface area contributed by atoms with Gasteiger partial charge in [-0.1, -0.05) is 0 Å². The van der Waals surface area contributed by atoms with E-state index >= 15 is 0 Å². The van der Waals surface area contributed by atoms with E-state index < -0.39 is 66.9 Å². The first kappa shape index (κ1) is 42.2. The van der Waals surface area contributed by atoms with Gasteiger partial charge in [0.05, 0.1) is 58.9 Å². The summed E-state index contributed by atoms with van der Waals surface area (Å²) in [7, 11) is 8.22. The fourth-order valence-electron chi connectivity index (χ4n) is 3.34. The molecule has 0 bridgehead atoms. The number of nitrogens with zero attached hydrogens (tertiary/aromatic N) is 6. The highest BCUT2D eigenvalue weighted by Gasteiger charge is 2.23. The van der Waals surface area contributed by atoms with E-state index in [2.05, 4.69) is 16.0 Å². The highest BCUT2D eigenvalue weighted by Crippen LogP contribution is 1.99. The van der Waals surface area contributed by atoms with E-state index in [1.807, 2.05) is 20.8 Å². The van der Waals surface area contributed by atoms with E-state index in [1.54, 1.807) is 0 Å². The first-order valence-corrected chi connectivity index (χ1v) is 14.5. The number of carbonyl (C=O) groups is 9. The zero-order valence-electron chi connectivity index (χ0n) is 28.8. The first-order valence-electron chi connectivity index (χ1n) is 14.5. The van der Waals surface area contributed by atoms with Gasteiger partial charge in [0.1, 0.15) is 0 Å². The number of amides is 9. The van der Waals surface area contributed by atoms with Crippen molar-refractivity contribution in [2.24, 2.45) is 5.73 Å². The van der Waals surface area contributed by atoms with Crippen molar-refractivity contribution >= 4 is 53.2 Å². The average Bonchev–Trinajstić information content (AvgIpc) is 2.96. The highest BCUT2D eigenvalue weighted by molar-refractivity contribution is 5.93. The Morgan fingerprint density at radius 2 is 0.723 bits per heavy atom. The van der Waals surface area contributed by atoms with Crippen LogP contribution in [0, 0.1) is 0 Å². The van der Waals surface area contributed by atoms with Crippen LogP contribution in [0.1, 0.15) is 20.8 Å². The van der Waals surface area contributed by atoms with Crippen LogP contribution in [0.2, 0.25) is 0 Å². The molecule has 0 aromatic carbocycles. The van der Waals surface area contributed by atoms with Crippen LogP contribution in [0.4, 0.5) is 0 Å². The Hall–Kier alpha value is -4.81. The summed E-state index contributed by atoms with van der Waals surface area (Å²) in [5, 5.41) is 7.64. The summed E-state index contributed by atoms with van der Waals surface area (Å²) in [6, 6.07) is 0. The summed E-state index contributed by atoms with van der Waals surface area (Å²) in [5.74, 6) is -5.12. The molecule has 0 aromatic heterocycles. The zero-order valence-corrected chi connectivity index (χ0v) is 28.8. The molecular weight excluding hydrogens is 620 g/mol. The second-order valence-corrected chi connectivity index (χ2v) is 12.1. The Bertz CT molecular complexity index is 1190. The summed E-state index contributed by atoms with van der Waals surface area (Å²) in [6.45, 7) is 2.75. The van der Waals surface area contributed by atoms with E-state index in [-0.39, 0.29) is 50.7 Å². The van der Waals surface area contributed by atoms with E-state index in [1.165, 1.54) is 47.2 Å². The summed E-state index contributed by atoms with van der Waals surface area (Å²) >= 11 is 0. The number of nitrogens with two attached hydrogens (primary N) is 1. The number of hydrogen-bond acceptors (Lipinski definition) is 10. The van der Waals surface area contributed by atoms with Crippen molar-refractivity contribution in [3.63, 3.8) is 0 Å². The Labute approximate surface area is 275 Å². The first-order chi connectivity index (χ1) is 21.5. The summed E-state index contributed by atoms with van der Waals surface area (Å²) in [5.41, 5.74) is 4.67. The normalized spacial score (nSPS) is 10.7. The van der Waals surface area contributed by atoms with Gasteiger partial charge in [-0.3, -0.25) is 43.2 Å². The quantitative estimate of drug-likeness (QED) is 0.108. The lowest BCUT2D eigenvalue weighted by Crippen LogP contribution is -2.49. The van der Waals surface area contributed by atoms with Gasteiger partial charge in [-0.15, -0.1) is 0 Å². The Morgan fingerprint density at radius 1 is 0.447 bits per heavy atom. The van der Waals surface area contributed by atoms with Crippen LogP contribution in [-0.2, 0) is 43.2 Å². The molecule has 0 aliphatic heterocycles. The molecule has 0 spiro atoms. The monoisotopic (exact) mass is 670 g/mol. The molecule has 0 saturated carbocycles. The minimum absolute atomic E-state index is 0.0449. The standard InChI is InChI=1S/C28H50N10O9/c1-28(2,3)32-12-23(43)36(7)16-27(47)38(9)18-25(45)34(5)14-21(41)31-11-22(42)35(6)15-26(46)37(8)17-24(44)33(4)13-20(40)30-10-19(29)39/h32H,10-18H2,1-9H3,(H2,29,39)(H,30,40)(H,31,41). The van der Waals surface area contributed by atoms with Gasteiger partial charge in [-0.05, 0) is 20.8 Å². The van der Waals surface area contributed by atoms with Crippen LogP contribution in [0.3, 0.4) is 0 Å². The molecule has 47 heavy (non-hydrogen) atoms. The van der Waals surface area contributed by atoms with Gasteiger partial charge >= 0.3 is 0 Å². The maximum atomic E-state index is 12.6. The third-order valence-electron chi connectivity index (χ3n) is 6.47. The predicted octanol–water partition coefficient (Wildman–Crippen LogP) is -5.16. The predicted molar refractivity (Wildman–Crippen MR) is 169 cm³/mol. The number of likely N-dealkylation sites (N-methyl/N-ethyl adjacent to an activating group) is 6. The SMILES string of the molecule is CN(CC(=O)NCC(N)=O)C(=O)CN(C)C(=O)CN(C)C(=O)CNC(=O)CN(C)C(=O)CN(C)C(=O)CN(C)C(=O)CNC(C)(C)C. The van der Waals surface area contributed by atoms with E-state index in [9.17, 15) is 43.2 Å². The Balaban J connectivity index is 4.63. The molecule has 0 atom stereocenters. The smallest absolute Gasteiger partial charge is 0.242 e. The van der Waals surface area contributed by atoms with Crippen molar-refractivity contribution in [2.45, 2.75) is 26.3 Å². The van der Waals surface area contributed by atoms with Crippen LogP contribution in [-0.4, -0.2) is 189 Å². The third-order valence-corrected chi connectivity index (χ3v) is 6.47. The van der Waals surface area contributed by atoms with Crippen LogP contribution < -0.4 is 21.7 Å². The lowest BCUT2D eigenvalue weighted by Gasteiger charge is -2.26. The molecule has 266 valence electrons. The fraction of sp³-hybridized carbons (Fsp3) is 0.679. The molecule has 0 aliphatic carbocycles. The molecule has 0 unspecified atom stereocenters. The lowest BCUT2D eigenvalue weighted by atomic mass is 10.1. The van der Waals surface area contributed by atoms with E-state index in [4.69, 9.17) is 5.73 Å². The number of nitrogens with one attached hydrogen (secondary N) is 3. The van der Waals surface area contributed by atoms with Gasteiger partial charge < -0.3 is 51.1 Å². The largest absolute Gasteiger partial charge is 0.368 e. The molecular formula is C28H50N10O9. The summed E-state index contributed by atoms with van der Waals surface area (Å²) < 4.78 is 0. The van der Waals surface area contributed by atoms with Crippen LogP contribution in [0.5, 0.6) is 0 Å². The van der Waals surface area contributed by atoms with Crippen molar-refractivity contribution in [1.29, 1.82) is 0 Å². The molecule has 19 heteroatoms. The highest BCUT2D eigenvalue weighted by atomic mass is 16.2. The van der Waals surface area contributed by atoms with E-state index in [0.717, 1.165) is 24.5 Å². The maximum Gasteiger partial charge on any atom is 0.242 e. The Morgan fingerprint density at radius 3 is 1.04 bits per heavy atom. The second-order valence-electron chi connectivity index (χ2n) is 12.1. The van der Waals surface area contributed by atoms with Crippen molar-refractivity contribution in [3.8, 4) is 0 Å². The fourth-order valence-corrected chi connectivity index (χ4v) is 3.34. The average molecular weight is 671 g/mol. The number of hydrogen-bond donors (Lipinski definition) is 4. The number of carbonyl (C=O) groups excluding carboxylic acids is 9. The van der Waals surface area contributed by atoms with Crippen LogP contribution in [0.15, 0.2) is 0 Å². The molecule has 0 radical (unpaired) electrons. The Kier molecular flexibility index (Phi) is 17.6. The molecule has 0 fully saturated rings. The molecule has 0 aromatic rings. The van der Waals surface area contributed by atoms with Crippen molar-refractivity contribution < 1.29 is 43.2 Å². The van der Waals surface area contributed by atoms with Crippen molar-refractivity contribution in [1.82, 2.24) is 45.3 Å². The van der Waals surface area contributed by atoms with Crippen LogP contribution in [0.25, 0.3) is 0 Å². The zero-order chi connectivity index (χ0) is 36.6. The van der Waals surface area contributed by atoms with Gasteiger partial charge in [0, 0.05) is 47.8 Å². The molecule has 19 nitrogen and oxygen atoms in total. The molecule has 9 amide bonds.